The number of carbonyl (C=O) groups excluding carboxylic acids is 3. The van der Waals surface area contributed by atoms with Crippen molar-refractivity contribution >= 4 is 17.9 Å². The summed E-state index contributed by atoms with van der Waals surface area (Å²) in [5, 5.41) is 0. The maximum atomic E-state index is 12.8. The van der Waals surface area contributed by atoms with Crippen LogP contribution in [0.3, 0.4) is 0 Å². The van der Waals surface area contributed by atoms with Crippen LogP contribution in [0.4, 0.5) is 0 Å². The van der Waals surface area contributed by atoms with Crippen molar-refractivity contribution < 1.29 is 28.6 Å². The van der Waals surface area contributed by atoms with E-state index < -0.39 is 6.10 Å². The maximum absolute atomic E-state index is 12.8. The molecule has 6 heteroatoms. The van der Waals surface area contributed by atoms with Crippen LogP contribution in [0.1, 0.15) is 239 Å². The molecule has 0 amide bonds. The number of ether oxygens (including phenoxy) is 3. The molecule has 0 aromatic carbocycles. The van der Waals surface area contributed by atoms with Crippen LogP contribution in [0, 0.1) is 0 Å². The van der Waals surface area contributed by atoms with E-state index in [0.29, 0.717) is 19.3 Å². The van der Waals surface area contributed by atoms with Crippen molar-refractivity contribution in [1.29, 1.82) is 0 Å². The molecular weight excluding hydrogens is 805 g/mol. The van der Waals surface area contributed by atoms with Gasteiger partial charge in [0.05, 0.1) is 0 Å². The highest BCUT2D eigenvalue weighted by Crippen LogP contribution is 2.13. The average molecular weight is 903 g/mol. The normalized spacial score (nSPS) is 12.8. The van der Waals surface area contributed by atoms with Crippen LogP contribution in [0.5, 0.6) is 0 Å². The summed E-state index contributed by atoms with van der Waals surface area (Å²) >= 11 is 0. The lowest BCUT2D eigenvalue weighted by Gasteiger charge is -2.18. The molecule has 0 aromatic heterocycles. The lowest BCUT2D eigenvalue weighted by Crippen LogP contribution is -2.30. The predicted octanol–water partition coefficient (Wildman–Crippen LogP) is 17.8. The van der Waals surface area contributed by atoms with Crippen molar-refractivity contribution in [1.82, 2.24) is 0 Å². The van der Waals surface area contributed by atoms with Gasteiger partial charge in [-0.05, 0) is 89.9 Å². The van der Waals surface area contributed by atoms with E-state index in [2.05, 4.69) is 118 Å². The lowest BCUT2D eigenvalue weighted by atomic mass is 10.1. The first kappa shape index (κ1) is 61.3. The molecule has 0 spiro atoms. The maximum Gasteiger partial charge on any atom is 0.306 e. The van der Waals surface area contributed by atoms with Gasteiger partial charge in [0, 0.05) is 19.3 Å². The Morgan fingerprint density at radius 1 is 0.308 bits per heavy atom. The number of allylic oxidation sites excluding steroid dienone is 16. The van der Waals surface area contributed by atoms with Crippen molar-refractivity contribution in [3.63, 3.8) is 0 Å². The van der Waals surface area contributed by atoms with Gasteiger partial charge in [0.2, 0.25) is 0 Å². The molecule has 0 rings (SSSR count). The minimum Gasteiger partial charge on any atom is -0.462 e. The SMILES string of the molecule is CCCC/C=C\C=C/CCCCCC(=O)OCC(COC(=O)CCCCCCC\C=C/C=C\C=C/CCCCCCC)OC(=O)CCCCCCC\C=C/C=C\C=C/CCCCCCC. The third kappa shape index (κ3) is 51.2. The smallest absolute Gasteiger partial charge is 0.306 e. The molecule has 0 aliphatic rings. The summed E-state index contributed by atoms with van der Waals surface area (Å²) in [5.74, 6) is -0.975. The minimum absolute atomic E-state index is 0.106. The molecular formula is C59H98O6. The van der Waals surface area contributed by atoms with Gasteiger partial charge >= 0.3 is 17.9 Å². The van der Waals surface area contributed by atoms with Crippen LogP contribution < -0.4 is 0 Å². The monoisotopic (exact) mass is 903 g/mol. The zero-order valence-corrected chi connectivity index (χ0v) is 42.2. The summed E-state index contributed by atoms with van der Waals surface area (Å²) in [6, 6.07) is 0. The number of hydrogen-bond acceptors (Lipinski definition) is 6. The van der Waals surface area contributed by atoms with Gasteiger partial charge in [-0.3, -0.25) is 14.4 Å². The number of carbonyl (C=O) groups is 3. The summed E-state index contributed by atoms with van der Waals surface area (Å²) in [6.07, 6.45) is 69.6. The van der Waals surface area contributed by atoms with E-state index in [9.17, 15) is 14.4 Å². The highest BCUT2D eigenvalue weighted by molar-refractivity contribution is 5.71. The molecule has 0 aliphatic heterocycles. The van der Waals surface area contributed by atoms with E-state index in [1.807, 2.05) is 0 Å². The van der Waals surface area contributed by atoms with Crippen molar-refractivity contribution in [3.8, 4) is 0 Å². The zero-order valence-electron chi connectivity index (χ0n) is 42.2. The predicted molar refractivity (Wildman–Crippen MR) is 279 cm³/mol. The Labute approximate surface area is 400 Å². The molecule has 65 heavy (non-hydrogen) atoms. The van der Waals surface area contributed by atoms with Crippen molar-refractivity contribution in [2.75, 3.05) is 13.2 Å². The van der Waals surface area contributed by atoms with Gasteiger partial charge in [0.25, 0.3) is 0 Å². The van der Waals surface area contributed by atoms with Crippen LogP contribution >= 0.6 is 0 Å². The molecule has 0 aromatic rings. The molecule has 0 radical (unpaired) electrons. The molecule has 1 unspecified atom stereocenters. The van der Waals surface area contributed by atoms with Gasteiger partial charge in [0.1, 0.15) is 13.2 Å². The quantitative estimate of drug-likeness (QED) is 0.0262. The Morgan fingerprint density at radius 3 is 0.923 bits per heavy atom. The second-order valence-electron chi connectivity index (χ2n) is 17.6. The Bertz CT molecular complexity index is 1310. The first-order valence-electron chi connectivity index (χ1n) is 26.8. The van der Waals surface area contributed by atoms with Crippen LogP contribution in [-0.4, -0.2) is 37.2 Å². The van der Waals surface area contributed by atoms with Gasteiger partial charge in [-0.25, -0.2) is 0 Å². The Morgan fingerprint density at radius 2 is 0.569 bits per heavy atom. The number of esters is 3. The Kier molecular flexibility index (Phi) is 50.0. The van der Waals surface area contributed by atoms with Crippen molar-refractivity contribution in [2.24, 2.45) is 0 Å². The molecule has 0 saturated carbocycles. The van der Waals surface area contributed by atoms with E-state index in [1.54, 1.807) is 0 Å². The average Bonchev–Trinajstić information content (AvgIpc) is 3.30. The third-order valence-corrected chi connectivity index (χ3v) is 11.2. The van der Waals surface area contributed by atoms with Crippen LogP contribution in [0.25, 0.3) is 0 Å². The van der Waals surface area contributed by atoms with Gasteiger partial charge in [0.15, 0.2) is 6.10 Å². The molecule has 0 N–H and O–H groups in total. The van der Waals surface area contributed by atoms with E-state index in [0.717, 1.165) is 122 Å². The molecule has 370 valence electrons. The molecule has 0 aliphatic carbocycles. The van der Waals surface area contributed by atoms with Crippen LogP contribution in [0.2, 0.25) is 0 Å². The number of unbranched alkanes of at least 4 members (excludes halogenated alkanes) is 25. The summed E-state index contributed by atoms with van der Waals surface area (Å²) in [6.45, 7) is 6.49. The Balaban J connectivity index is 4.48. The third-order valence-electron chi connectivity index (χ3n) is 11.2. The van der Waals surface area contributed by atoms with E-state index in [-0.39, 0.29) is 31.1 Å². The van der Waals surface area contributed by atoms with E-state index >= 15 is 0 Å². The topological polar surface area (TPSA) is 78.9 Å². The van der Waals surface area contributed by atoms with Crippen molar-refractivity contribution in [2.45, 2.75) is 245 Å². The first-order valence-corrected chi connectivity index (χ1v) is 26.8. The fourth-order valence-electron chi connectivity index (χ4n) is 7.07. The molecule has 0 bridgehead atoms. The van der Waals surface area contributed by atoms with E-state index in [4.69, 9.17) is 14.2 Å². The molecule has 0 saturated heterocycles. The van der Waals surface area contributed by atoms with Crippen molar-refractivity contribution in [3.05, 3.63) is 97.2 Å². The standard InChI is InChI=1S/C59H98O6/c1-4-7-10-13-16-19-22-24-26-28-30-32-34-37-40-43-46-49-52-58(61)64-55-56(54-63-57(60)51-48-45-42-39-36-21-18-15-12-9-6-3)65-59(62)53-50-47-44-41-38-35-33-31-29-27-25-23-20-17-14-11-8-5-2/h15,18,21-33,36,56H,4-14,16-17,19-20,34-35,37-55H2,1-3H3/b18-15-,24-22-,25-23-,28-26-,29-27-,32-30-,33-31-,36-21-. The molecule has 0 fully saturated rings. The highest BCUT2D eigenvalue weighted by Gasteiger charge is 2.19. The number of rotatable bonds is 47. The molecule has 6 nitrogen and oxygen atoms in total. The summed E-state index contributed by atoms with van der Waals surface area (Å²) in [7, 11) is 0. The minimum atomic E-state index is -0.808. The summed E-state index contributed by atoms with van der Waals surface area (Å²) < 4.78 is 16.7. The fourth-order valence-corrected chi connectivity index (χ4v) is 7.07. The van der Waals surface area contributed by atoms with E-state index in [1.165, 1.54) is 77.0 Å². The van der Waals surface area contributed by atoms with Crippen LogP contribution in [-0.2, 0) is 28.6 Å². The van der Waals surface area contributed by atoms with Gasteiger partial charge < -0.3 is 14.2 Å². The molecule has 1 atom stereocenters. The fraction of sp³-hybridized carbons (Fsp3) is 0.678. The van der Waals surface area contributed by atoms with Gasteiger partial charge in [-0.1, -0.05) is 227 Å². The first-order chi connectivity index (χ1) is 32.0. The second-order valence-corrected chi connectivity index (χ2v) is 17.6. The highest BCUT2D eigenvalue weighted by atomic mass is 16.6. The largest absolute Gasteiger partial charge is 0.462 e. The van der Waals surface area contributed by atoms with Crippen LogP contribution in [0.15, 0.2) is 97.2 Å². The lowest BCUT2D eigenvalue weighted by molar-refractivity contribution is -0.167. The summed E-state index contributed by atoms with van der Waals surface area (Å²) in [4.78, 5) is 38.0. The Hall–Kier alpha value is -3.67. The summed E-state index contributed by atoms with van der Waals surface area (Å²) in [5.41, 5.74) is 0. The van der Waals surface area contributed by atoms with Gasteiger partial charge in [-0.15, -0.1) is 0 Å². The molecule has 0 heterocycles. The van der Waals surface area contributed by atoms with Gasteiger partial charge in [-0.2, -0.15) is 0 Å². The zero-order chi connectivity index (χ0) is 47.2. The number of hydrogen-bond donors (Lipinski definition) is 0. The second kappa shape index (κ2) is 52.9.